The van der Waals surface area contributed by atoms with E-state index in [9.17, 15) is 9.59 Å². The Morgan fingerprint density at radius 1 is 1.48 bits per heavy atom. The molecular formula is C12H13N5O3S. The number of thiophene rings is 1. The molecule has 0 bridgehead atoms. The fraction of sp³-hybridized carbons (Fsp3) is 0.417. The number of aliphatic carboxylic acids is 1. The first-order valence-electron chi connectivity index (χ1n) is 6.50. The highest BCUT2D eigenvalue weighted by molar-refractivity contribution is 7.12. The van der Waals surface area contributed by atoms with Gasteiger partial charge in [-0.05, 0) is 34.7 Å². The number of hydrogen-bond acceptors (Lipinski definition) is 6. The number of nitrogens with zero attached hydrogens (tertiary/aromatic N) is 5. The van der Waals surface area contributed by atoms with E-state index >= 15 is 0 Å². The van der Waals surface area contributed by atoms with Crippen LogP contribution >= 0.6 is 11.3 Å². The highest BCUT2D eigenvalue weighted by Gasteiger charge is 2.32. The van der Waals surface area contributed by atoms with E-state index in [1.54, 1.807) is 16.3 Å². The van der Waals surface area contributed by atoms with Crippen LogP contribution in [0.1, 0.15) is 28.9 Å². The summed E-state index contributed by atoms with van der Waals surface area (Å²) in [4.78, 5) is 25.7. The second kappa shape index (κ2) is 5.60. The first-order chi connectivity index (χ1) is 10.2. The van der Waals surface area contributed by atoms with Gasteiger partial charge in [0.1, 0.15) is 11.2 Å². The summed E-state index contributed by atoms with van der Waals surface area (Å²) in [5, 5.41) is 21.7. The molecule has 0 aromatic carbocycles. The van der Waals surface area contributed by atoms with Crippen LogP contribution in [0.4, 0.5) is 0 Å². The normalized spacial score (nSPS) is 18.1. The maximum Gasteiger partial charge on any atom is 0.305 e. The lowest BCUT2D eigenvalue weighted by atomic mass is 10.1. The smallest absolute Gasteiger partial charge is 0.305 e. The van der Waals surface area contributed by atoms with Crippen molar-refractivity contribution in [2.75, 3.05) is 6.54 Å². The van der Waals surface area contributed by atoms with Crippen molar-refractivity contribution in [3.63, 3.8) is 0 Å². The number of carboxylic acid groups (broad SMARTS) is 1. The van der Waals surface area contributed by atoms with Gasteiger partial charge in [0.2, 0.25) is 0 Å². The van der Waals surface area contributed by atoms with E-state index in [0.717, 1.165) is 12.8 Å². The van der Waals surface area contributed by atoms with Gasteiger partial charge in [0.05, 0.1) is 12.1 Å². The second-order valence-corrected chi connectivity index (χ2v) is 5.70. The molecule has 1 fully saturated rings. The minimum absolute atomic E-state index is 0.0165. The first kappa shape index (κ1) is 13.7. The minimum atomic E-state index is -0.883. The molecule has 1 saturated heterocycles. The third kappa shape index (κ3) is 2.64. The number of tetrazole rings is 1. The van der Waals surface area contributed by atoms with E-state index in [4.69, 9.17) is 5.11 Å². The Labute approximate surface area is 124 Å². The molecule has 1 N–H and O–H groups in total. The van der Waals surface area contributed by atoms with Crippen LogP contribution in [-0.4, -0.2) is 54.7 Å². The highest BCUT2D eigenvalue weighted by atomic mass is 32.1. The molecule has 1 aliphatic heterocycles. The Bertz CT molecular complexity index is 654. The number of amides is 1. The van der Waals surface area contributed by atoms with Crippen LogP contribution in [0.25, 0.3) is 5.69 Å². The van der Waals surface area contributed by atoms with Crippen LogP contribution in [0.3, 0.4) is 0 Å². The summed E-state index contributed by atoms with van der Waals surface area (Å²) in [6.07, 6.45) is 2.97. The zero-order valence-electron chi connectivity index (χ0n) is 11.0. The van der Waals surface area contributed by atoms with Gasteiger partial charge in [0.25, 0.3) is 5.91 Å². The largest absolute Gasteiger partial charge is 0.481 e. The maximum atomic E-state index is 12.7. The Kier molecular flexibility index (Phi) is 3.65. The van der Waals surface area contributed by atoms with Gasteiger partial charge in [-0.25, -0.2) is 0 Å². The third-order valence-electron chi connectivity index (χ3n) is 3.48. The summed E-state index contributed by atoms with van der Waals surface area (Å²) >= 11 is 1.31. The lowest BCUT2D eigenvalue weighted by Gasteiger charge is -2.23. The molecule has 8 nitrogen and oxygen atoms in total. The number of rotatable bonds is 4. The van der Waals surface area contributed by atoms with Crippen LogP contribution in [0.5, 0.6) is 0 Å². The quantitative estimate of drug-likeness (QED) is 0.896. The van der Waals surface area contributed by atoms with Crippen LogP contribution < -0.4 is 0 Å². The van der Waals surface area contributed by atoms with E-state index in [1.807, 2.05) is 0 Å². The molecule has 1 unspecified atom stereocenters. The van der Waals surface area contributed by atoms with Crippen molar-refractivity contribution in [3.05, 3.63) is 22.7 Å². The average molecular weight is 307 g/mol. The van der Waals surface area contributed by atoms with Gasteiger partial charge < -0.3 is 10.0 Å². The Morgan fingerprint density at radius 3 is 3.05 bits per heavy atom. The predicted octanol–water partition coefficient (Wildman–Crippen LogP) is 0.803. The molecule has 1 aliphatic rings. The van der Waals surface area contributed by atoms with Gasteiger partial charge in [-0.1, -0.05) is 0 Å². The topological polar surface area (TPSA) is 101 Å². The summed E-state index contributed by atoms with van der Waals surface area (Å²) < 4.78 is 1.44. The van der Waals surface area contributed by atoms with Crippen LogP contribution in [0.2, 0.25) is 0 Å². The lowest BCUT2D eigenvalue weighted by Crippen LogP contribution is -2.36. The highest BCUT2D eigenvalue weighted by Crippen LogP contribution is 2.27. The molecule has 3 rings (SSSR count). The van der Waals surface area contributed by atoms with Crippen molar-refractivity contribution in [2.45, 2.75) is 25.3 Å². The molecule has 0 spiro atoms. The fourth-order valence-electron chi connectivity index (χ4n) is 2.56. The van der Waals surface area contributed by atoms with Crippen LogP contribution in [-0.2, 0) is 4.79 Å². The van der Waals surface area contributed by atoms with E-state index in [2.05, 4.69) is 15.5 Å². The van der Waals surface area contributed by atoms with Gasteiger partial charge in [-0.15, -0.1) is 16.4 Å². The average Bonchev–Trinajstić information content (AvgIpc) is 3.18. The summed E-state index contributed by atoms with van der Waals surface area (Å²) in [6, 6.07) is 1.54. The monoisotopic (exact) mass is 307 g/mol. The SMILES string of the molecule is O=C(O)CC1CCCN1C(=O)c1sccc1-n1cnnn1. The molecule has 1 atom stereocenters. The number of carbonyl (C=O) groups is 2. The zero-order valence-corrected chi connectivity index (χ0v) is 11.9. The molecule has 2 aromatic rings. The number of likely N-dealkylation sites (tertiary alicyclic amines) is 1. The lowest BCUT2D eigenvalue weighted by molar-refractivity contribution is -0.137. The summed E-state index contributed by atoms with van der Waals surface area (Å²) in [5.74, 6) is -1.04. The molecular weight excluding hydrogens is 294 g/mol. The fourth-order valence-corrected chi connectivity index (χ4v) is 3.40. The van der Waals surface area contributed by atoms with Crippen molar-refractivity contribution in [2.24, 2.45) is 0 Å². The molecule has 3 heterocycles. The Balaban J connectivity index is 1.86. The Hall–Kier alpha value is -2.29. The summed E-state index contributed by atoms with van der Waals surface area (Å²) in [7, 11) is 0. The first-order valence-corrected chi connectivity index (χ1v) is 7.38. The molecule has 0 saturated carbocycles. The molecule has 0 aliphatic carbocycles. The number of carboxylic acids is 1. The number of hydrogen-bond donors (Lipinski definition) is 1. The zero-order chi connectivity index (χ0) is 14.8. The van der Waals surface area contributed by atoms with Gasteiger partial charge in [-0.2, -0.15) is 4.68 Å². The number of carbonyl (C=O) groups excluding carboxylic acids is 1. The minimum Gasteiger partial charge on any atom is -0.481 e. The van der Waals surface area contributed by atoms with Gasteiger partial charge >= 0.3 is 5.97 Å². The molecule has 2 aromatic heterocycles. The molecule has 0 radical (unpaired) electrons. The molecule has 110 valence electrons. The van der Waals surface area contributed by atoms with E-state index in [0.29, 0.717) is 17.1 Å². The molecule has 21 heavy (non-hydrogen) atoms. The van der Waals surface area contributed by atoms with E-state index in [-0.39, 0.29) is 18.4 Å². The van der Waals surface area contributed by atoms with Crippen molar-refractivity contribution in [1.29, 1.82) is 0 Å². The van der Waals surface area contributed by atoms with E-state index in [1.165, 1.54) is 22.3 Å². The van der Waals surface area contributed by atoms with Crippen molar-refractivity contribution < 1.29 is 14.7 Å². The van der Waals surface area contributed by atoms with Gasteiger partial charge in [0.15, 0.2) is 0 Å². The van der Waals surface area contributed by atoms with Crippen molar-refractivity contribution in [1.82, 2.24) is 25.1 Å². The van der Waals surface area contributed by atoms with Gasteiger partial charge in [-0.3, -0.25) is 9.59 Å². The Morgan fingerprint density at radius 2 is 2.33 bits per heavy atom. The van der Waals surface area contributed by atoms with Crippen molar-refractivity contribution >= 4 is 23.2 Å². The second-order valence-electron chi connectivity index (χ2n) is 4.78. The maximum absolute atomic E-state index is 12.7. The third-order valence-corrected chi connectivity index (χ3v) is 4.37. The van der Waals surface area contributed by atoms with Gasteiger partial charge in [0, 0.05) is 12.6 Å². The van der Waals surface area contributed by atoms with Crippen molar-refractivity contribution in [3.8, 4) is 5.69 Å². The summed E-state index contributed by atoms with van der Waals surface area (Å²) in [5.41, 5.74) is 0.621. The molecule has 9 heteroatoms. The van der Waals surface area contributed by atoms with Crippen LogP contribution in [0.15, 0.2) is 17.8 Å². The molecule has 1 amide bonds. The predicted molar refractivity (Wildman–Crippen MR) is 73.3 cm³/mol. The van der Waals surface area contributed by atoms with E-state index < -0.39 is 5.97 Å². The number of aromatic nitrogens is 4. The summed E-state index contributed by atoms with van der Waals surface area (Å²) in [6.45, 7) is 0.587. The van der Waals surface area contributed by atoms with Crippen LogP contribution in [0, 0.1) is 0 Å². The standard InChI is InChI=1S/C12H13N5O3S/c18-10(19)6-8-2-1-4-16(8)12(20)11-9(3-5-21-11)17-7-13-14-15-17/h3,5,7-8H,1-2,4,6H2,(H,18,19).